The van der Waals surface area contributed by atoms with E-state index in [-0.39, 0.29) is 18.3 Å². The largest absolute Gasteiger partial charge is 0.497 e. The summed E-state index contributed by atoms with van der Waals surface area (Å²) in [4.78, 5) is 25.2. The van der Waals surface area contributed by atoms with Gasteiger partial charge in [0.2, 0.25) is 0 Å². The van der Waals surface area contributed by atoms with Gasteiger partial charge in [0.15, 0.2) is 0 Å². The molecular weight excluding hydrogens is 274 g/mol. The Labute approximate surface area is 124 Å². The van der Waals surface area contributed by atoms with Crippen molar-refractivity contribution < 1.29 is 23.8 Å². The van der Waals surface area contributed by atoms with Crippen molar-refractivity contribution in [3.63, 3.8) is 0 Å². The Morgan fingerprint density at radius 2 is 1.62 bits per heavy atom. The van der Waals surface area contributed by atoms with Gasteiger partial charge in [-0.25, -0.2) is 0 Å². The van der Waals surface area contributed by atoms with Crippen molar-refractivity contribution in [2.24, 2.45) is 0 Å². The fourth-order valence-corrected chi connectivity index (χ4v) is 1.85. The molecule has 1 aromatic carbocycles. The minimum absolute atomic E-state index is 0.164. The second-order valence-corrected chi connectivity index (χ2v) is 4.31. The predicted molar refractivity (Wildman–Crippen MR) is 77.8 cm³/mol. The van der Waals surface area contributed by atoms with Crippen molar-refractivity contribution in [3.05, 3.63) is 23.8 Å². The van der Waals surface area contributed by atoms with Crippen LogP contribution in [0.15, 0.2) is 18.2 Å². The highest BCUT2D eigenvalue weighted by molar-refractivity contribution is 5.95. The van der Waals surface area contributed by atoms with Crippen molar-refractivity contribution in [3.8, 4) is 11.5 Å². The minimum Gasteiger partial charge on any atom is -0.497 e. The first-order chi connectivity index (χ1) is 10.0. The van der Waals surface area contributed by atoms with Crippen LogP contribution in [0.3, 0.4) is 0 Å². The topological polar surface area (TPSA) is 65.1 Å². The number of rotatable bonds is 7. The molecule has 0 bridgehead atoms. The van der Waals surface area contributed by atoms with Crippen LogP contribution in [0.2, 0.25) is 0 Å². The molecule has 6 nitrogen and oxygen atoms in total. The molecule has 1 rings (SSSR count). The van der Waals surface area contributed by atoms with Gasteiger partial charge in [-0.15, -0.1) is 0 Å². The molecule has 116 valence electrons. The maximum Gasteiger partial charge on any atom is 0.307 e. The lowest BCUT2D eigenvalue weighted by Crippen LogP contribution is -2.33. The quantitative estimate of drug-likeness (QED) is 0.717. The number of carbonyl (C=O) groups is 2. The molecule has 0 heterocycles. The van der Waals surface area contributed by atoms with E-state index < -0.39 is 0 Å². The first kappa shape index (κ1) is 16.8. The molecule has 21 heavy (non-hydrogen) atoms. The Kier molecular flexibility index (Phi) is 6.52. The molecule has 0 aliphatic heterocycles. The highest BCUT2D eigenvalue weighted by Crippen LogP contribution is 2.23. The number of esters is 1. The van der Waals surface area contributed by atoms with Crippen LogP contribution >= 0.6 is 0 Å². The Morgan fingerprint density at radius 3 is 2.05 bits per heavy atom. The molecular formula is C15H21NO5. The second-order valence-electron chi connectivity index (χ2n) is 4.31. The maximum absolute atomic E-state index is 12.5. The van der Waals surface area contributed by atoms with E-state index >= 15 is 0 Å². The fraction of sp³-hybridized carbons (Fsp3) is 0.467. The van der Waals surface area contributed by atoms with Crippen LogP contribution in [-0.2, 0) is 9.53 Å². The molecule has 6 heteroatoms. The number of carbonyl (C=O) groups excluding carboxylic acids is 2. The van der Waals surface area contributed by atoms with E-state index in [0.29, 0.717) is 30.2 Å². The first-order valence-corrected chi connectivity index (χ1v) is 6.64. The molecule has 0 spiro atoms. The molecule has 1 aromatic rings. The molecule has 1 amide bonds. The molecule has 0 N–H and O–H groups in total. The van der Waals surface area contributed by atoms with E-state index in [0.717, 1.165) is 0 Å². The maximum atomic E-state index is 12.5. The summed E-state index contributed by atoms with van der Waals surface area (Å²) in [5.41, 5.74) is 0.456. The van der Waals surface area contributed by atoms with Gasteiger partial charge in [-0.1, -0.05) is 0 Å². The monoisotopic (exact) mass is 295 g/mol. The number of methoxy groups -OCH3 is 3. The predicted octanol–water partition coefficient (Wildman–Crippen LogP) is 1.73. The third-order valence-electron chi connectivity index (χ3n) is 3.08. The Morgan fingerprint density at radius 1 is 1.05 bits per heavy atom. The highest BCUT2D eigenvalue weighted by atomic mass is 16.5. The summed E-state index contributed by atoms with van der Waals surface area (Å²) in [5.74, 6) is 0.562. The molecule has 0 radical (unpaired) electrons. The molecule has 0 aromatic heterocycles. The van der Waals surface area contributed by atoms with Crippen LogP contribution in [0.1, 0.15) is 23.7 Å². The molecule has 0 aliphatic carbocycles. The number of ether oxygens (including phenoxy) is 3. The molecule has 0 aliphatic rings. The van der Waals surface area contributed by atoms with Gasteiger partial charge in [-0.05, 0) is 19.1 Å². The van der Waals surface area contributed by atoms with Crippen molar-refractivity contribution in [1.29, 1.82) is 0 Å². The van der Waals surface area contributed by atoms with Gasteiger partial charge in [0.05, 0.1) is 27.8 Å². The Hall–Kier alpha value is -2.24. The van der Waals surface area contributed by atoms with E-state index in [1.54, 1.807) is 23.1 Å². The van der Waals surface area contributed by atoms with Gasteiger partial charge in [0, 0.05) is 24.7 Å². The van der Waals surface area contributed by atoms with Gasteiger partial charge in [0.25, 0.3) is 5.91 Å². The number of nitrogens with zero attached hydrogens (tertiary/aromatic N) is 1. The zero-order valence-corrected chi connectivity index (χ0v) is 12.8. The van der Waals surface area contributed by atoms with E-state index in [9.17, 15) is 9.59 Å². The third-order valence-corrected chi connectivity index (χ3v) is 3.08. The molecule has 0 unspecified atom stereocenters. The van der Waals surface area contributed by atoms with Crippen molar-refractivity contribution in [1.82, 2.24) is 4.90 Å². The van der Waals surface area contributed by atoms with Crippen molar-refractivity contribution >= 4 is 11.9 Å². The van der Waals surface area contributed by atoms with E-state index in [1.165, 1.54) is 21.3 Å². The first-order valence-electron chi connectivity index (χ1n) is 6.64. The van der Waals surface area contributed by atoms with Crippen LogP contribution in [0.25, 0.3) is 0 Å². The lowest BCUT2D eigenvalue weighted by Gasteiger charge is -2.21. The van der Waals surface area contributed by atoms with Crippen LogP contribution in [-0.4, -0.2) is 51.2 Å². The second kappa shape index (κ2) is 8.14. The SMILES string of the molecule is CCN(CCC(=O)OC)C(=O)c1cc(OC)cc(OC)c1. The third kappa shape index (κ3) is 4.66. The molecule has 0 saturated heterocycles. The summed E-state index contributed by atoms with van der Waals surface area (Å²) in [7, 11) is 4.38. The van der Waals surface area contributed by atoms with Gasteiger partial charge < -0.3 is 19.1 Å². The molecule has 0 atom stereocenters. The summed E-state index contributed by atoms with van der Waals surface area (Å²) in [6.45, 7) is 2.66. The zero-order chi connectivity index (χ0) is 15.8. The van der Waals surface area contributed by atoms with Crippen molar-refractivity contribution in [2.75, 3.05) is 34.4 Å². The smallest absolute Gasteiger partial charge is 0.307 e. The lowest BCUT2D eigenvalue weighted by molar-refractivity contribution is -0.140. The van der Waals surface area contributed by atoms with Gasteiger partial charge in [-0.3, -0.25) is 9.59 Å². The van der Waals surface area contributed by atoms with Crippen LogP contribution in [0.4, 0.5) is 0 Å². The number of hydrogen-bond acceptors (Lipinski definition) is 5. The summed E-state index contributed by atoms with van der Waals surface area (Å²) < 4.78 is 14.9. The normalized spacial score (nSPS) is 9.90. The van der Waals surface area contributed by atoms with E-state index in [2.05, 4.69) is 4.74 Å². The van der Waals surface area contributed by atoms with E-state index in [4.69, 9.17) is 9.47 Å². The summed E-state index contributed by atoms with van der Waals surface area (Å²) in [6, 6.07) is 4.98. The van der Waals surface area contributed by atoms with E-state index in [1.807, 2.05) is 6.92 Å². The number of hydrogen-bond donors (Lipinski definition) is 0. The van der Waals surface area contributed by atoms with Crippen LogP contribution in [0.5, 0.6) is 11.5 Å². The average molecular weight is 295 g/mol. The Bertz CT molecular complexity index is 479. The summed E-state index contributed by atoms with van der Waals surface area (Å²) in [6.07, 6.45) is 0.164. The molecule has 0 fully saturated rings. The van der Waals surface area contributed by atoms with Gasteiger partial charge >= 0.3 is 5.97 Å². The number of benzene rings is 1. The zero-order valence-electron chi connectivity index (χ0n) is 12.8. The standard InChI is InChI=1S/C15H21NO5/c1-5-16(7-6-14(17)21-4)15(18)11-8-12(19-2)10-13(9-11)20-3/h8-10H,5-7H2,1-4H3. The van der Waals surface area contributed by atoms with Crippen LogP contribution in [0, 0.1) is 0 Å². The van der Waals surface area contributed by atoms with Gasteiger partial charge in [-0.2, -0.15) is 0 Å². The summed E-state index contributed by atoms with van der Waals surface area (Å²) >= 11 is 0. The fourth-order valence-electron chi connectivity index (χ4n) is 1.85. The minimum atomic E-state index is -0.343. The van der Waals surface area contributed by atoms with Crippen LogP contribution < -0.4 is 9.47 Å². The Balaban J connectivity index is 2.91. The summed E-state index contributed by atoms with van der Waals surface area (Å²) in [5, 5.41) is 0. The van der Waals surface area contributed by atoms with Gasteiger partial charge in [0.1, 0.15) is 11.5 Å². The highest BCUT2D eigenvalue weighted by Gasteiger charge is 2.17. The lowest BCUT2D eigenvalue weighted by atomic mass is 10.1. The molecule has 0 saturated carbocycles. The number of amides is 1. The van der Waals surface area contributed by atoms with Crippen molar-refractivity contribution in [2.45, 2.75) is 13.3 Å². The average Bonchev–Trinajstić information content (AvgIpc) is 2.54.